The largest absolute Gasteiger partial charge is 0.353 e. The van der Waals surface area contributed by atoms with Crippen LogP contribution in [0.2, 0.25) is 5.02 Å². The second-order valence-corrected chi connectivity index (χ2v) is 10.3. The lowest BCUT2D eigenvalue weighted by Gasteiger charge is -2.31. The van der Waals surface area contributed by atoms with E-state index in [9.17, 15) is 9.59 Å². The second kappa shape index (κ2) is 10.3. The Morgan fingerprint density at radius 2 is 1.82 bits per heavy atom. The highest BCUT2D eigenvalue weighted by Crippen LogP contribution is 2.36. The van der Waals surface area contributed by atoms with Gasteiger partial charge in [-0.15, -0.1) is 0 Å². The van der Waals surface area contributed by atoms with E-state index in [0.29, 0.717) is 29.5 Å². The third-order valence-corrected chi connectivity index (χ3v) is 7.78. The van der Waals surface area contributed by atoms with E-state index >= 15 is 0 Å². The number of halogens is 1. The molecule has 2 aliphatic heterocycles. The Balaban J connectivity index is 1.32. The lowest BCUT2D eigenvalue weighted by molar-refractivity contribution is -0.123. The Bertz CT molecular complexity index is 1140. The summed E-state index contributed by atoms with van der Waals surface area (Å²) in [6, 6.07) is 15.2. The van der Waals surface area contributed by atoms with Crippen molar-refractivity contribution in [2.75, 3.05) is 0 Å². The average molecular weight is 495 g/mol. The molecular formula is C26H27ClN4O2S. The number of hydrogen-bond acceptors (Lipinski definition) is 5. The zero-order valence-corrected chi connectivity index (χ0v) is 20.4. The van der Waals surface area contributed by atoms with Crippen LogP contribution in [0.3, 0.4) is 0 Å². The van der Waals surface area contributed by atoms with Crippen molar-refractivity contribution >= 4 is 51.9 Å². The summed E-state index contributed by atoms with van der Waals surface area (Å²) >= 11 is 7.59. The van der Waals surface area contributed by atoms with Gasteiger partial charge in [0.2, 0.25) is 5.91 Å². The number of fused-ring (bicyclic) bond motifs is 3. The Hall–Kier alpha value is -2.64. The normalized spacial score (nSPS) is 19.9. The molecule has 8 heteroatoms. The number of aliphatic imine (C=N–C) groups is 2. The summed E-state index contributed by atoms with van der Waals surface area (Å²) in [5.74, 6) is 1.12. The molecule has 1 saturated carbocycles. The minimum atomic E-state index is -0.517. The first-order valence-corrected chi connectivity index (χ1v) is 13.2. The number of carbonyl (C=O) groups is 2. The molecule has 0 bridgehead atoms. The summed E-state index contributed by atoms with van der Waals surface area (Å²) in [6.45, 7) is 0. The second-order valence-electron chi connectivity index (χ2n) is 8.93. The first kappa shape index (κ1) is 23.1. The van der Waals surface area contributed by atoms with E-state index < -0.39 is 6.04 Å². The number of benzene rings is 2. The number of thioether (sulfide) groups is 1. The van der Waals surface area contributed by atoms with Crippen molar-refractivity contribution in [2.45, 2.75) is 62.8 Å². The molecular weight excluding hydrogens is 468 g/mol. The van der Waals surface area contributed by atoms with E-state index in [1.165, 1.54) is 19.3 Å². The third-order valence-electron chi connectivity index (χ3n) is 6.50. The van der Waals surface area contributed by atoms with Gasteiger partial charge in [-0.2, -0.15) is 4.99 Å². The molecule has 6 nitrogen and oxygen atoms in total. The summed E-state index contributed by atoms with van der Waals surface area (Å²) in [5.41, 5.74) is 2.77. The van der Waals surface area contributed by atoms with E-state index in [1.807, 2.05) is 53.4 Å². The molecule has 1 fully saturated rings. The van der Waals surface area contributed by atoms with Crippen LogP contribution in [-0.4, -0.2) is 39.8 Å². The highest BCUT2D eigenvalue weighted by molar-refractivity contribution is 8.13. The molecule has 5 rings (SSSR count). The number of amides is 2. The number of hydrogen-bond donors (Lipinski definition) is 1. The lowest BCUT2D eigenvalue weighted by atomic mass is 9.95. The zero-order chi connectivity index (χ0) is 23.5. The van der Waals surface area contributed by atoms with Gasteiger partial charge < -0.3 is 5.32 Å². The van der Waals surface area contributed by atoms with Gasteiger partial charge in [-0.25, -0.2) is 4.99 Å². The van der Waals surface area contributed by atoms with Crippen molar-refractivity contribution in [3.8, 4) is 0 Å². The average Bonchev–Trinajstić information content (AvgIpc) is 3.19. The Morgan fingerprint density at radius 3 is 2.62 bits per heavy atom. The predicted octanol–water partition coefficient (Wildman–Crippen LogP) is 5.46. The van der Waals surface area contributed by atoms with Crippen LogP contribution in [0.5, 0.6) is 0 Å². The predicted molar refractivity (Wildman–Crippen MR) is 138 cm³/mol. The third kappa shape index (κ3) is 5.05. The maximum absolute atomic E-state index is 13.0. The summed E-state index contributed by atoms with van der Waals surface area (Å²) < 4.78 is 0. The minimum absolute atomic E-state index is 0.0119. The van der Waals surface area contributed by atoms with Crippen LogP contribution in [0, 0.1) is 0 Å². The SMILES string of the molecule is O=C(CCC1C(=O)N=C2c3ccccc3N=C(SCc3ccc(Cl)cc3)N21)NC1CCCCC1. The molecule has 2 heterocycles. The lowest BCUT2D eigenvalue weighted by Crippen LogP contribution is -2.44. The van der Waals surface area contributed by atoms with Crippen molar-refractivity contribution in [3.05, 3.63) is 64.7 Å². The van der Waals surface area contributed by atoms with Crippen LogP contribution >= 0.6 is 23.4 Å². The Morgan fingerprint density at radius 1 is 1.06 bits per heavy atom. The number of carbonyl (C=O) groups excluding carboxylic acids is 2. The van der Waals surface area contributed by atoms with Crippen LogP contribution in [0.15, 0.2) is 58.5 Å². The fraction of sp³-hybridized carbons (Fsp3) is 0.385. The highest BCUT2D eigenvalue weighted by atomic mass is 35.5. The molecule has 0 radical (unpaired) electrons. The van der Waals surface area contributed by atoms with E-state index in [-0.39, 0.29) is 17.9 Å². The topological polar surface area (TPSA) is 74.1 Å². The molecule has 176 valence electrons. The van der Waals surface area contributed by atoms with E-state index in [2.05, 4.69) is 10.3 Å². The summed E-state index contributed by atoms with van der Waals surface area (Å²) in [6.07, 6.45) is 6.37. The van der Waals surface area contributed by atoms with Crippen LogP contribution < -0.4 is 5.32 Å². The van der Waals surface area contributed by atoms with Crippen molar-refractivity contribution < 1.29 is 9.59 Å². The summed E-state index contributed by atoms with van der Waals surface area (Å²) in [4.78, 5) is 36.8. The molecule has 0 aromatic heterocycles. The van der Waals surface area contributed by atoms with Gasteiger partial charge in [-0.1, -0.05) is 66.9 Å². The summed E-state index contributed by atoms with van der Waals surface area (Å²) in [5, 5.41) is 4.59. The van der Waals surface area contributed by atoms with Crippen LogP contribution in [0.1, 0.15) is 56.1 Å². The smallest absolute Gasteiger partial charge is 0.270 e. The quantitative estimate of drug-likeness (QED) is 0.578. The van der Waals surface area contributed by atoms with Gasteiger partial charge in [0, 0.05) is 28.8 Å². The fourth-order valence-electron chi connectivity index (χ4n) is 4.72. The van der Waals surface area contributed by atoms with Crippen molar-refractivity contribution in [1.29, 1.82) is 0 Å². The van der Waals surface area contributed by atoms with E-state index in [4.69, 9.17) is 16.6 Å². The van der Waals surface area contributed by atoms with Crippen LogP contribution in [-0.2, 0) is 15.3 Å². The molecule has 2 aromatic carbocycles. The van der Waals surface area contributed by atoms with Crippen molar-refractivity contribution in [1.82, 2.24) is 10.2 Å². The van der Waals surface area contributed by atoms with Gasteiger partial charge in [-0.3, -0.25) is 14.5 Å². The number of para-hydroxylation sites is 1. The van der Waals surface area contributed by atoms with Gasteiger partial charge in [-0.05, 0) is 49.1 Å². The van der Waals surface area contributed by atoms with Crippen molar-refractivity contribution in [2.24, 2.45) is 9.98 Å². The van der Waals surface area contributed by atoms with Crippen LogP contribution in [0.4, 0.5) is 5.69 Å². The molecule has 2 aromatic rings. The Labute approximate surface area is 208 Å². The standard InChI is InChI=1S/C26H27ClN4O2S/c27-18-12-10-17(11-13-18)16-34-26-29-21-9-5-4-8-20(21)24-30-25(33)22(31(24)26)14-15-23(32)28-19-6-2-1-3-7-19/h4-5,8-13,19,22H,1-3,6-7,14-16H2,(H,28,32). The van der Waals surface area contributed by atoms with Gasteiger partial charge in [0.15, 0.2) is 5.17 Å². The van der Waals surface area contributed by atoms with Crippen molar-refractivity contribution in [3.63, 3.8) is 0 Å². The molecule has 1 aliphatic carbocycles. The van der Waals surface area contributed by atoms with Gasteiger partial charge in [0.1, 0.15) is 11.9 Å². The van der Waals surface area contributed by atoms with E-state index in [1.54, 1.807) is 11.8 Å². The molecule has 1 atom stereocenters. The van der Waals surface area contributed by atoms with Gasteiger partial charge in [0.25, 0.3) is 5.91 Å². The maximum Gasteiger partial charge on any atom is 0.270 e. The molecule has 1 N–H and O–H groups in total. The molecule has 34 heavy (non-hydrogen) atoms. The van der Waals surface area contributed by atoms with Gasteiger partial charge >= 0.3 is 0 Å². The highest BCUT2D eigenvalue weighted by Gasteiger charge is 2.41. The Kier molecular flexibility index (Phi) is 7.02. The number of nitrogens with zero attached hydrogens (tertiary/aromatic N) is 3. The van der Waals surface area contributed by atoms with E-state index in [0.717, 1.165) is 34.8 Å². The molecule has 1 unspecified atom stereocenters. The zero-order valence-electron chi connectivity index (χ0n) is 18.9. The first-order valence-electron chi connectivity index (χ1n) is 11.8. The van der Waals surface area contributed by atoms with Crippen LogP contribution in [0.25, 0.3) is 0 Å². The molecule has 2 amide bonds. The summed E-state index contributed by atoms with van der Waals surface area (Å²) in [7, 11) is 0. The number of rotatable bonds is 6. The maximum atomic E-state index is 13.0. The molecule has 0 saturated heterocycles. The fourth-order valence-corrected chi connectivity index (χ4v) is 5.85. The monoisotopic (exact) mass is 494 g/mol. The first-order chi connectivity index (χ1) is 16.6. The molecule has 0 spiro atoms. The van der Waals surface area contributed by atoms with Gasteiger partial charge in [0.05, 0.1) is 5.69 Å². The number of amidine groups is 2. The number of nitrogens with one attached hydrogen (secondary N) is 1. The molecule has 3 aliphatic rings. The minimum Gasteiger partial charge on any atom is -0.353 e.